The molecule has 2 heterocycles. The van der Waals surface area contributed by atoms with Gasteiger partial charge < -0.3 is 5.32 Å². The quantitative estimate of drug-likeness (QED) is 0.729. The summed E-state index contributed by atoms with van der Waals surface area (Å²) in [6.45, 7) is 2.91. The fourth-order valence-corrected chi connectivity index (χ4v) is 3.18. The average Bonchev–Trinajstić information content (AvgIpc) is 2.90. The van der Waals surface area contributed by atoms with Crippen LogP contribution < -0.4 is 5.32 Å². The number of halogens is 1. The number of hydrogen-bond donors (Lipinski definition) is 1. The standard InChI is InChI=1S/C17H16ClN3S/c1-12-16(13-5-7-14(18)8-6-13)21-17(22-12)20-11-9-15-4-2-3-10-19-15/h2-8,10H,9,11H2,1H3,(H,20,21). The highest BCUT2D eigenvalue weighted by molar-refractivity contribution is 7.16. The fourth-order valence-electron chi connectivity index (χ4n) is 2.19. The normalized spacial score (nSPS) is 10.6. The molecule has 0 saturated heterocycles. The first-order valence-electron chi connectivity index (χ1n) is 7.09. The van der Waals surface area contributed by atoms with Gasteiger partial charge in [-0.15, -0.1) is 11.3 Å². The van der Waals surface area contributed by atoms with Crippen molar-refractivity contribution < 1.29 is 0 Å². The minimum Gasteiger partial charge on any atom is -0.361 e. The summed E-state index contributed by atoms with van der Waals surface area (Å²) >= 11 is 7.61. The highest BCUT2D eigenvalue weighted by Gasteiger charge is 2.09. The van der Waals surface area contributed by atoms with Crippen LogP contribution in [-0.2, 0) is 6.42 Å². The van der Waals surface area contributed by atoms with Crippen molar-refractivity contribution in [2.45, 2.75) is 13.3 Å². The predicted molar refractivity (Wildman–Crippen MR) is 93.7 cm³/mol. The van der Waals surface area contributed by atoms with E-state index in [4.69, 9.17) is 11.6 Å². The van der Waals surface area contributed by atoms with Crippen LogP contribution in [0.5, 0.6) is 0 Å². The first kappa shape index (κ1) is 15.0. The molecule has 0 spiro atoms. The predicted octanol–water partition coefficient (Wildman–Crippen LogP) is 4.82. The van der Waals surface area contributed by atoms with E-state index in [1.54, 1.807) is 11.3 Å². The molecule has 2 aromatic heterocycles. The largest absolute Gasteiger partial charge is 0.361 e. The monoisotopic (exact) mass is 329 g/mol. The Hall–Kier alpha value is -1.91. The Morgan fingerprint density at radius 2 is 1.95 bits per heavy atom. The molecule has 0 atom stereocenters. The number of nitrogens with zero attached hydrogens (tertiary/aromatic N) is 2. The van der Waals surface area contributed by atoms with Gasteiger partial charge >= 0.3 is 0 Å². The summed E-state index contributed by atoms with van der Waals surface area (Å²) in [6.07, 6.45) is 2.71. The van der Waals surface area contributed by atoms with Crippen molar-refractivity contribution in [1.82, 2.24) is 9.97 Å². The third-order valence-corrected chi connectivity index (χ3v) is 4.48. The molecule has 1 N–H and O–H groups in total. The summed E-state index contributed by atoms with van der Waals surface area (Å²) in [5.41, 5.74) is 3.19. The van der Waals surface area contributed by atoms with Gasteiger partial charge in [-0.25, -0.2) is 4.98 Å². The van der Waals surface area contributed by atoms with Gasteiger partial charge in [0.15, 0.2) is 5.13 Å². The lowest BCUT2D eigenvalue weighted by Gasteiger charge is -2.02. The Morgan fingerprint density at radius 3 is 2.68 bits per heavy atom. The van der Waals surface area contributed by atoms with Crippen LogP contribution in [0.25, 0.3) is 11.3 Å². The third kappa shape index (κ3) is 3.64. The lowest BCUT2D eigenvalue weighted by molar-refractivity contribution is 0.959. The van der Waals surface area contributed by atoms with Gasteiger partial charge in [-0.2, -0.15) is 0 Å². The molecule has 0 unspecified atom stereocenters. The first-order valence-corrected chi connectivity index (χ1v) is 8.29. The zero-order chi connectivity index (χ0) is 15.4. The van der Waals surface area contributed by atoms with Crippen molar-refractivity contribution in [3.8, 4) is 11.3 Å². The smallest absolute Gasteiger partial charge is 0.183 e. The molecule has 0 aliphatic rings. The molecule has 0 radical (unpaired) electrons. The minimum atomic E-state index is 0.741. The second-order valence-electron chi connectivity index (χ2n) is 4.93. The summed E-state index contributed by atoms with van der Waals surface area (Å²) in [5.74, 6) is 0. The number of hydrogen-bond acceptors (Lipinski definition) is 4. The summed E-state index contributed by atoms with van der Waals surface area (Å²) in [4.78, 5) is 10.2. The Morgan fingerprint density at radius 1 is 1.14 bits per heavy atom. The fraction of sp³-hybridized carbons (Fsp3) is 0.176. The van der Waals surface area contributed by atoms with Crippen LogP contribution in [-0.4, -0.2) is 16.5 Å². The number of anilines is 1. The Kier molecular flexibility index (Phi) is 4.71. The molecular formula is C17H16ClN3S. The second-order valence-corrected chi connectivity index (χ2v) is 6.57. The summed E-state index contributed by atoms with van der Waals surface area (Å²) < 4.78 is 0. The zero-order valence-corrected chi connectivity index (χ0v) is 13.8. The number of rotatable bonds is 5. The molecule has 112 valence electrons. The molecule has 0 aliphatic heterocycles. The maximum absolute atomic E-state index is 5.93. The van der Waals surface area contributed by atoms with E-state index in [1.165, 1.54) is 4.88 Å². The van der Waals surface area contributed by atoms with Crippen molar-refractivity contribution in [1.29, 1.82) is 0 Å². The van der Waals surface area contributed by atoms with Gasteiger partial charge in [-0.05, 0) is 31.2 Å². The van der Waals surface area contributed by atoms with Crippen LogP contribution in [0, 0.1) is 6.92 Å². The Bertz CT molecular complexity index is 738. The Balaban J connectivity index is 1.66. The van der Waals surface area contributed by atoms with Gasteiger partial charge in [0, 0.05) is 40.3 Å². The van der Waals surface area contributed by atoms with E-state index in [1.807, 2.05) is 48.7 Å². The van der Waals surface area contributed by atoms with E-state index in [2.05, 4.69) is 22.2 Å². The van der Waals surface area contributed by atoms with E-state index < -0.39 is 0 Å². The molecular weight excluding hydrogens is 314 g/mol. The number of nitrogens with one attached hydrogen (secondary N) is 1. The van der Waals surface area contributed by atoms with Crippen LogP contribution in [0.2, 0.25) is 5.02 Å². The van der Waals surface area contributed by atoms with E-state index in [0.717, 1.165) is 40.1 Å². The molecule has 3 aromatic rings. The Labute approximate surface area is 139 Å². The molecule has 1 aromatic carbocycles. The van der Waals surface area contributed by atoms with Crippen LogP contribution in [0.15, 0.2) is 48.7 Å². The summed E-state index contributed by atoms with van der Waals surface area (Å²) in [6, 6.07) is 13.8. The van der Waals surface area contributed by atoms with Crippen LogP contribution in [0.4, 0.5) is 5.13 Å². The van der Waals surface area contributed by atoms with Crippen LogP contribution >= 0.6 is 22.9 Å². The van der Waals surface area contributed by atoms with Gasteiger partial charge in [0.1, 0.15) is 0 Å². The molecule has 0 amide bonds. The topological polar surface area (TPSA) is 37.8 Å². The molecule has 22 heavy (non-hydrogen) atoms. The van der Waals surface area contributed by atoms with E-state index in [9.17, 15) is 0 Å². The van der Waals surface area contributed by atoms with Gasteiger partial charge in [0.2, 0.25) is 0 Å². The van der Waals surface area contributed by atoms with Crippen molar-refractivity contribution in [2.24, 2.45) is 0 Å². The van der Waals surface area contributed by atoms with E-state index >= 15 is 0 Å². The van der Waals surface area contributed by atoms with E-state index in [0.29, 0.717) is 0 Å². The minimum absolute atomic E-state index is 0.741. The molecule has 0 fully saturated rings. The molecule has 0 saturated carbocycles. The lowest BCUT2D eigenvalue weighted by atomic mass is 10.1. The summed E-state index contributed by atoms with van der Waals surface area (Å²) in [5, 5.41) is 5.06. The van der Waals surface area contributed by atoms with Crippen molar-refractivity contribution in [3.63, 3.8) is 0 Å². The molecule has 0 bridgehead atoms. The van der Waals surface area contributed by atoms with E-state index in [-0.39, 0.29) is 0 Å². The van der Waals surface area contributed by atoms with Gasteiger partial charge in [0.25, 0.3) is 0 Å². The van der Waals surface area contributed by atoms with Gasteiger partial charge in [-0.1, -0.05) is 29.8 Å². The van der Waals surface area contributed by atoms with Crippen molar-refractivity contribution in [3.05, 3.63) is 64.3 Å². The lowest BCUT2D eigenvalue weighted by Crippen LogP contribution is -2.05. The number of thiazole rings is 1. The highest BCUT2D eigenvalue weighted by atomic mass is 35.5. The molecule has 0 aliphatic carbocycles. The van der Waals surface area contributed by atoms with Crippen molar-refractivity contribution >= 4 is 28.1 Å². The highest BCUT2D eigenvalue weighted by Crippen LogP contribution is 2.30. The third-order valence-electron chi connectivity index (χ3n) is 3.30. The number of pyridine rings is 1. The van der Waals surface area contributed by atoms with Crippen LogP contribution in [0.1, 0.15) is 10.6 Å². The van der Waals surface area contributed by atoms with Crippen molar-refractivity contribution in [2.75, 3.05) is 11.9 Å². The molecule has 5 heteroatoms. The maximum atomic E-state index is 5.93. The van der Waals surface area contributed by atoms with Gasteiger partial charge in [0.05, 0.1) is 5.69 Å². The number of benzene rings is 1. The maximum Gasteiger partial charge on any atom is 0.183 e. The van der Waals surface area contributed by atoms with Crippen LogP contribution in [0.3, 0.4) is 0 Å². The number of aromatic nitrogens is 2. The van der Waals surface area contributed by atoms with Gasteiger partial charge in [-0.3, -0.25) is 4.98 Å². The summed E-state index contributed by atoms with van der Waals surface area (Å²) in [7, 11) is 0. The molecule has 3 nitrogen and oxygen atoms in total. The second kappa shape index (κ2) is 6.90. The average molecular weight is 330 g/mol. The number of aryl methyl sites for hydroxylation is 1. The SMILES string of the molecule is Cc1sc(NCCc2ccccn2)nc1-c1ccc(Cl)cc1. The molecule has 3 rings (SSSR count). The first-order chi connectivity index (χ1) is 10.7. The zero-order valence-electron chi connectivity index (χ0n) is 12.2.